The van der Waals surface area contributed by atoms with Crippen LogP contribution in [-0.4, -0.2) is 23.1 Å². The van der Waals surface area contributed by atoms with Gasteiger partial charge in [0.15, 0.2) is 0 Å². The summed E-state index contributed by atoms with van der Waals surface area (Å²) in [7, 11) is 0. The normalized spacial score (nSPS) is 17.4. The number of carbonyl (C=O) groups excluding carboxylic acids is 1. The summed E-state index contributed by atoms with van der Waals surface area (Å²) in [5.74, 6) is -0.310. The van der Waals surface area contributed by atoms with E-state index in [2.05, 4.69) is 15.9 Å². The minimum atomic E-state index is -0.541. The minimum absolute atomic E-state index is 0.249. The van der Waals surface area contributed by atoms with E-state index < -0.39 is 5.60 Å². The van der Waals surface area contributed by atoms with Crippen molar-refractivity contribution in [1.82, 2.24) is 4.90 Å². The van der Waals surface area contributed by atoms with Crippen LogP contribution >= 0.6 is 15.9 Å². The number of nitrogens with zero attached hydrogens (tertiary/aromatic N) is 1. The summed E-state index contributed by atoms with van der Waals surface area (Å²) in [6, 6.07) is 3.27. The summed E-state index contributed by atoms with van der Waals surface area (Å²) < 4.78 is 19.6. The van der Waals surface area contributed by atoms with Crippen molar-refractivity contribution in [2.24, 2.45) is 0 Å². The van der Waals surface area contributed by atoms with E-state index in [9.17, 15) is 9.18 Å². The summed E-state index contributed by atoms with van der Waals surface area (Å²) in [4.78, 5) is 13.9. The van der Waals surface area contributed by atoms with Crippen LogP contribution in [0.2, 0.25) is 0 Å². The molecular weight excluding hydrogens is 337 g/mol. The Labute approximate surface area is 133 Å². The quantitative estimate of drug-likeness (QED) is 0.678. The molecule has 0 radical (unpaired) electrons. The molecule has 1 aromatic rings. The van der Waals surface area contributed by atoms with Crippen molar-refractivity contribution in [2.75, 3.05) is 6.54 Å². The molecule has 0 aliphatic carbocycles. The molecular formula is C16H21BrFNO2. The summed E-state index contributed by atoms with van der Waals surface area (Å²) >= 11 is 3.30. The van der Waals surface area contributed by atoms with Crippen molar-refractivity contribution in [2.45, 2.75) is 52.2 Å². The van der Waals surface area contributed by atoms with Gasteiger partial charge in [-0.2, -0.15) is 0 Å². The summed E-state index contributed by atoms with van der Waals surface area (Å²) in [6.07, 6.45) is -0.364. The zero-order valence-corrected chi connectivity index (χ0v) is 14.7. The maximum atomic E-state index is 13.8. The first-order valence-corrected chi connectivity index (χ1v) is 7.76. The molecule has 116 valence electrons. The fourth-order valence-electron chi connectivity index (χ4n) is 2.65. The van der Waals surface area contributed by atoms with E-state index in [1.54, 1.807) is 4.90 Å². The molecule has 0 fully saturated rings. The van der Waals surface area contributed by atoms with Crippen LogP contribution in [0.1, 0.15) is 45.7 Å². The first-order chi connectivity index (χ1) is 9.51. The van der Waals surface area contributed by atoms with Gasteiger partial charge in [-0.1, -0.05) is 19.9 Å². The van der Waals surface area contributed by atoms with Crippen molar-refractivity contribution in [3.8, 4) is 0 Å². The fourth-order valence-corrected chi connectivity index (χ4v) is 3.12. The fraction of sp³-hybridized carbons (Fsp3) is 0.562. The Morgan fingerprint density at radius 3 is 2.57 bits per heavy atom. The van der Waals surface area contributed by atoms with Gasteiger partial charge in [0, 0.05) is 12.0 Å². The van der Waals surface area contributed by atoms with E-state index in [-0.39, 0.29) is 17.3 Å². The molecule has 5 heteroatoms. The number of hydrogen-bond donors (Lipinski definition) is 0. The van der Waals surface area contributed by atoms with Crippen LogP contribution in [0.3, 0.4) is 0 Å². The van der Waals surface area contributed by atoms with E-state index in [1.165, 1.54) is 6.07 Å². The van der Waals surface area contributed by atoms with Crippen molar-refractivity contribution in [1.29, 1.82) is 0 Å². The lowest BCUT2D eigenvalue weighted by Crippen LogP contribution is -2.47. The number of amides is 1. The molecule has 0 saturated heterocycles. The number of carbonyl (C=O) groups is 1. The number of fused-ring (bicyclic) bond motifs is 1. The number of ether oxygens (including phenoxy) is 1. The number of halogens is 2. The molecule has 0 atom stereocenters. The highest BCUT2D eigenvalue weighted by atomic mass is 79.9. The van der Waals surface area contributed by atoms with Crippen LogP contribution in [0.25, 0.3) is 0 Å². The van der Waals surface area contributed by atoms with Crippen LogP contribution in [0.15, 0.2) is 16.6 Å². The standard InChI is InChI=1S/C16H21BrFNO2/c1-15(2,3)21-14(20)19-8-10-11(16(4,5)9-19)6-7-12(18)13(10)17/h6-7H,8-9H2,1-5H3. The molecule has 0 unspecified atom stereocenters. The lowest BCUT2D eigenvalue weighted by atomic mass is 9.78. The highest BCUT2D eigenvalue weighted by Gasteiger charge is 2.37. The Morgan fingerprint density at radius 2 is 2.00 bits per heavy atom. The van der Waals surface area contributed by atoms with E-state index in [4.69, 9.17) is 4.74 Å². The number of hydrogen-bond acceptors (Lipinski definition) is 2. The molecule has 0 bridgehead atoms. The van der Waals surface area contributed by atoms with E-state index >= 15 is 0 Å². The second kappa shape index (κ2) is 5.27. The van der Waals surface area contributed by atoms with Gasteiger partial charge in [-0.15, -0.1) is 0 Å². The molecule has 0 spiro atoms. The van der Waals surface area contributed by atoms with Gasteiger partial charge in [0.25, 0.3) is 0 Å². The Morgan fingerprint density at radius 1 is 1.38 bits per heavy atom. The molecule has 21 heavy (non-hydrogen) atoms. The molecule has 1 aliphatic rings. The van der Waals surface area contributed by atoms with Gasteiger partial charge in [-0.3, -0.25) is 0 Å². The van der Waals surface area contributed by atoms with Gasteiger partial charge in [0.2, 0.25) is 0 Å². The summed E-state index contributed by atoms with van der Waals surface area (Å²) in [5.41, 5.74) is 1.09. The van der Waals surface area contributed by atoms with Gasteiger partial charge in [0.05, 0.1) is 11.0 Å². The molecule has 0 N–H and O–H groups in total. The molecule has 1 amide bonds. The first-order valence-electron chi connectivity index (χ1n) is 6.96. The van der Waals surface area contributed by atoms with Crippen molar-refractivity contribution >= 4 is 22.0 Å². The zero-order chi connectivity index (χ0) is 16.0. The smallest absolute Gasteiger partial charge is 0.410 e. The third-order valence-corrected chi connectivity index (χ3v) is 4.37. The number of rotatable bonds is 0. The molecule has 0 saturated carbocycles. The van der Waals surface area contributed by atoms with Crippen molar-refractivity contribution < 1.29 is 13.9 Å². The largest absolute Gasteiger partial charge is 0.444 e. The van der Waals surface area contributed by atoms with Gasteiger partial charge in [0.1, 0.15) is 11.4 Å². The Hall–Kier alpha value is -1.10. The van der Waals surface area contributed by atoms with Gasteiger partial charge >= 0.3 is 6.09 Å². The Kier molecular flexibility index (Phi) is 4.08. The summed E-state index contributed by atoms with van der Waals surface area (Å²) in [5, 5.41) is 0. The third-order valence-electron chi connectivity index (χ3n) is 3.51. The van der Waals surface area contributed by atoms with Crippen molar-refractivity contribution in [3.05, 3.63) is 33.5 Å². The molecule has 2 rings (SSSR count). The Balaban J connectivity index is 2.36. The molecule has 1 aromatic carbocycles. The average Bonchev–Trinajstić information content (AvgIpc) is 2.31. The number of benzene rings is 1. The van der Waals surface area contributed by atoms with Gasteiger partial charge in [-0.05, 0) is 53.9 Å². The van der Waals surface area contributed by atoms with Crippen LogP contribution < -0.4 is 0 Å². The molecule has 3 nitrogen and oxygen atoms in total. The van der Waals surface area contributed by atoms with E-state index in [0.29, 0.717) is 17.6 Å². The van der Waals surface area contributed by atoms with Gasteiger partial charge < -0.3 is 9.64 Å². The summed E-state index contributed by atoms with van der Waals surface area (Å²) in [6.45, 7) is 10.5. The minimum Gasteiger partial charge on any atom is -0.444 e. The lowest BCUT2D eigenvalue weighted by molar-refractivity contribution is 0.0173. The van der Waals surface area contributed by atoms with Crippen LogP contribution in [0, 0.1) is 5.82 Å². The maximum absolute atomic E-state index is 13.8. The molecule has 0 aromatic heterocycles. The Bertz CT molecular complexity index is 578. The van der Waals surface area contributed by atoms with Crippen LogP contribution in [0.5, 0.6) is 0 Å². The zero-order valence-electron chi connectivity index (χ0n) is 13.1. The second-order valence-corrected chi connectivity index (χ2v) is 7.90. The van der Waals surface area contributed by atoms with Gasteiger partial charge in [-0.25, -0.2) is 9.18 Å². The van der Waals surface area contributed by atoms with Crippen LogP contribution in [-0.2, 0) is 16.7 Å². The maximum Gasteiger partial charge on any atom is 0.410 e. The van der Waals surface area contributed by atoms with Crippen LogP contribution in [0.4, 0.5) is 9.18 Å². The second-order valence-electron chi connectivity index (χ2n) is 7.11. The average molecular weight is 358 g/mol. The topological polar surface area (TPSA) is 29.5 Å². The van der Waals surface area contributed by atoms with Crippen molar-refractivity contribution in [3.63, 3.8) is 0 Å². The lowest BCUT2D eigenvalue weighted by Gasteiger charge is -2.40. The van der Waals surface area contributed by atoms with E-state index in [0.717, 1.165) is 11.1 Å². The molecule has 1 aliphatic heterocycles. The highest BCUT2D eigenvalue weighted by Crippen LogP contribution is 2.38. The molecule has 1 heterocycles. The third kappa shape index (κ3) is 3.39. The highest BCUT2D eigenvalue weighted by molar-refractivity contribution is 9.10. The van der Waals surface area contributed by atoms with E-state index in [1.807, 2.05) is 40.7 Å². The SMILES string of the molecule is CC(C)(C)OC(=O)N1Cc2c(ccc(F)c2Br)C(C)(C)C1. The predicted octanol–water partition coefficient (Wildman–Crippen LogP) is 4.62. The monoisotopic (exact) mass is 357 g/mol. The first kappa shape index (κ1) is 16.3. The predicted molar refractivity (Wildman–Crippen MR) is 83.8 cm³/mol.